The second-order valence-electron chi connectivity index (χ2n) is 9.26. The van der Waals surface area contributed by atoms with Crippen molar-refractivity contribution in [3.63, 3.8) is 0 Å². The number of anilines is 1. The number of aryl methyl sites for hydroxylation is 1. The van der Waals surface area contributed by atoms with Crippen LogP contribution in [0.3, 0.4) is 0 Å². The van der Waals surface area contributed by atoms with Gasteiger partial charge in [0.15, 0.2) is 0 Å². The number of piperazine rings is 1. The Morgan fingerprint density at radius 3 is 2.37 bits per heavy atom. The van der Waals surface area contributed by atoms with Gasteiger partial charge in [-0.25, -0.2) is 0 Å². The minimum absolute atomic E-state index is 0.132. The molecule has 6 heteroatoms. The summed E-state index contributed by atoms with van der Waals surface area (Å²) in [5, 5.41) is 0. The van der Waals surface area contributed by atoms with Crippen LogP contribution in [0.1, 0.15) is 35.8 Å². The lowest BCUT2D eigenvalue weighted by Gasteiger charge is -2.36. The van der Waals surface area contributed by atoms with E-state index in [-0.39, 0.29) is 5.91 Å². The second-order valence-corrected chi connectivity index (χ2v) is 9.26. The first-order valence-electron chi connectivity index (χ1n) is 12.7. The summed E-state index contributed by atoms with van der Waals surface area (Å²) in [4.78, 5) is 23.8. The number of hydrogen-bond donors (Lipinski definition) is 1. The van der Waals surface area contributed by atoms with Gasteiger partial charge in [0.2, 0.25) is 0 Å². The minimum Gasteiger partial charge on any atom is -0.497 e. The Bertz CT molecular complexity index is 1070. The Hall–Kier alpha value is -3.25. The highest BCUT2D eigenvalue weighted by Crippen LogP contribution is 2.23. The number of aromatic nitrogens is 1. The zero-order valence-corrected chi connectivity index (χ0v) is 21.3. The highest BCUT2D eigenvalue weighted by Gasteiger charge is 2.21. The molecule has 0 aliphatic carbocycles. The molecule has 0 radical (unpaired) electrons. The number of benzene rings is 2. The molecule has 0 saturated carbocycles. The van der Waals surface area contributed by atoms with Crippen LogP contribution < -0.4 is 9.64 Å². The predicted molar refractivity (Wildman–Crippen MR) is 143 cm³/mol. The summed E-state index contributed by atoms with van der Waals surface area (Å²) in [6.45, 7) is 10.9. The molecule has 2 aromatic carbocycles. The van der Waals surface area contributed by atoms with E-state index in [1.807, 2.05) is 48.2 Å². The van der Waals surface area contributed by atoms with Gasteiger partial charge in [0, 0.05) is 56.3 Å². The zero-order chi connectivity index (χ0) is 24.6. The van der Waals surface area contributed by atoms with E-state index in [4.69, 9.17) is 4.74 Å². The Balaban J connectivity index is 1.28. The van der Waals surface area contributed by atoms with Gasteiger partial charge in [-0.15, -0.1) is 0 Å². The fourth-order valence-corrected chi connectivity index (χ4v) is 4.82. The van der Waals surface area contributed by atoms with E-state index in [1.54, 1.807) is 7.11 Å². The van der Waals surface area contributed by atoms with Crippen molar-refractivity contribution in [2.75, 3.05) is 57.8 Å². The third kappa shape index (κ3) is 6.25. The lowest BCUT2D eigenvalue weighted by atomic mass is 10.1. The summed E-state index contributed by atoms with van der Waals surface area (Å²) < 4.78 is 5.27. The first-order chi connectivity index (χ1) is 17.1. The highest BCUT2D eigenvalue weighted by molar-refractivity contribution is 5.96. The van der Waals surface area contributed by atoms with E-state index in [0.717, 1.165) is 86.9 Å². The summed E-state index contributed by atoms with van der Waals surface area (Å²) in [5.74, 6) is 1.02. The monoisotopic (exact) mass is 474 g/mol. The average molecular weight is 475 g/mol. The van der Waals surface area contributed by atoms with Crippen molar-refractivity contribution in [3.05, 3.63) is 71.9 Å². The Morgan fingerprint density at radius 2 is 1.71 bits per heavy atom. The van der Waals surface area contributed by atoms with Crippen LogP contribution in [-0.4, -0.2) is 73.6 Å². The number of rotatable bonds is 10. The van der Waals surface area contributed by atoms with Crippen LogP contribution in [0.25, 0.3) is 11.3 Å². The summed E-state index contributed by atoms with van der Waals surface area (Å²) in [7, 11) is 1.70. The predicted octanol–water partition coefficient (Wildman–Crippen LogP) is 5.06. The van der Waals surface area contributed by atoms with E-state index < -0.39 is 0 Å². The van der Waals surface area contributed by atoms with Crippen molar-refractivity contribution < 1.29 is 9.53 Å². The molecule has 35 heavy (non-hydrogen) atoms. The number of ether oxygens (including phenoxy) is 1. The van der Waals surface area contributed by atoms with Gasteiger partial charge in [0.25, 0.3) is 5.91 Å². The SMILES string of the molecule is CCCN(CCCN1CCN(c2ccc(OC)cc2)CC1)C(=O)c1cc(-c2ccccc2)[nH]c1C. The average Bonchev–Trinajstić information content (AvgIpc) is 3.30. The third-order valence-corrected chi connectivity index (χ3v) is 6.82. The maximum absolute atomic E-state index is 13.4. The van der Waals surface area contributed by atoms with Gasteiger partial charge in [-0.3, -0.25) is 9.69 Å². The highest BCUT2D eigenvalue weighted by atomic mass is 16.5. The molecule has 0 spiro atoms. The molecule has 1 aromatic heterocycles. The van der Waals surface area contributed by atoms with Crippen LogP contribution in [0, 0.1) is 6.92 Å². The molecule has 4 rings (SSSR count). The Kier molecular flexibility index (Phi) is 8.48. The molecule has 0 atom stereocenters. The number of aromatic amines is 1. The number of carbonyl (C=O) groups is 1. The van der Waals surface area contributed by atoms with Crippen LogP contribution in [0.2, 0.25) is 0 Å². The van der Waals surface area contributed by atoms with Crippen molar-refractivity contribution in [2.24, 2.45) is 0 Å². The van der Waals surface area contributed by atoms with E-state index in [2.05, 4.69) is 46.0 Å². The largest absolute Gasteiger partial charge is 0.497 e. The number of carbonyl (C=O) groups excluding carboxylic acids is 1. The van der Waals surface area contributed by atoms with Gasteiger partial charge in [-0.2, -0.15) is 0 Å². The number of H-pyrrole nitrogens is 1. The van der Waals surface area contributed by atoms with Gasteiger partial charge in [0.1, 0.15) is 5.75 Å². The normalized spacial score (nSPS) is 14.2. The van der Waals surface area contributed by atoms with Gasteiger partial charge >= 0.3 is 0 Å². The van der Waals surface area contributed by atoms with E-state index in [1.165, 1.54) is 5.69 Å². The van der Waals surface area contributed by atoms with Gasteiger partial charge in [-0.05, 0) is 62.2 Å². The molecule has 0 unspecified atom stereocenters. The summed E-state index contributed by atoms with van der Waals surface area (Å²) in [6.07, 6.45) is 1.95. The molecule has 1 saturated heterocycles. The first kappa shape index (κ1) is 24.9. The molecule has 6 nitrogen and oxygen atoms in total. The molecule has 3 aromatic rings. The summed E-state index contributed by atoms with van der Waals surface area (Å²) >= 11 is 0. The molecule has 186 valence electrons. The van der Waals surface area contributed by atoms with Crippen LogP contribution in [-0.2, 0) is 0 Å². The maximum atomic E-state index is 13.4. The number of nitrogens with one attached hydrogen (secondary N) is 1. The molecule has 2 heterocycles. The summed E-state index contributed by atoms with van der Waals surface area (Å²) in [6, 6.07) is 20.5. The van der Waals surface area contributed by atoms with E-state index in [0.29, 0.717) is 0 Å². The van der Waals surface area contributed by atoms with Crippen LogP contribution >= 0.6 is 0 Å². The lowest BCUT2D eigenvalue weighted by Crippen LogP contribution is -2.47. The maximum Gasteiger partial charge on any atom is 0.255 e. The van der Waals surface area contributed by atoms with Crippen molar-refractivity contribution in [3.8, 4) is 17.0 Å². The molecule has 1 aliphatic heterocycles. The van der Waals surface area contributed by atoms with Crippen molar-refractivity contribution in [1.29, 1.82) is 0 Å². The molecule has 0 bridgehead atoms. The Morgan fingerprint density at radius 1 is 1.00 bits per heavy atom. The third-order valence-electron chi connectivity index (χ3n) is 6.82. The number of amides is 1. The van der Waals surface area contributed by atoms with E-state index >= 15 is 0 Å². The Labute approximate surface area is 209 Å². The van der Waals surface area contributed by atoms with Crippen LogP contribution in [0.4, 0.5) is 5.69 Å². The molecular weight excluding hydrogens is 436 g/mol. The quantitative estimate of drug-likeness (QED) is 0.446. The fourth-order valence-electron chi connectivity index (χ4n) is 4.82. The van der Waals surface area contributed by atoms with Gasteiger partial charge < -0.3 is 19.5 Å². The number of nitrogens with zero attached hydrogens (tertiary/aromatic N) is 3. The first-order valence-corrected chi connectivity index (χ1v) is 12.7. The lowest BCUT2D eigenvalue weighted by molar-refractivity contribution is 0.0746. The molecule has 1 aliphatic rings. The number of methoxy groups -OCH3 is 1. The zero-order valence-electron chi connectivity index (χ0n) is 21.3. The van der Waals surface area contributed by atoms with Gasteiger partial charge in [0.05, 0.1) is 12.7 Å². The van der Waals surface area contributed by atoms with Crippen molar-refractivity contribution in [2.45, 2.75) is 26.7 Å². The minimum atomic E-state index is 0.132. The van der Waals surface area contributed by atoms with E-state index in [9.17, 15) is 4.79 Å². The van der Waals surface area contributed by atoms with Crippen molar-refractivity contribution in [1.82, 2.24) is 14.8 Å². The fraction of sp³-hybridized carbons (Fsp3) is 0.414. The molecule has 1 N–H and O–H groups in total. The molecule has 1 amide bonds. The summed E-state index contributed by atoms with van der Waals surface area (Å²) in [5.41, 5.74) is 5.07. The topological polar surface area (TPSA) is 51.8 Å². The molecular formula is C29H38N4O2. The second kappa shape index (κ2) is 11.9. The van der Waals surface area contributed by atoms with Crippen LogP contribution in [0.5, 0.6) is 5.75 Å². The molecule has 1 fully saturated rings. The number of hydrogen-bond acceptors (Lipinski definition) is 4. The van der Waals surface area contributed by atoms with Crippen LogP contribution in [0.15, 0.2) is 60.7 Å². The van der Waals surface area contributed by atoms with Gasteiger partial charge in [-0.1, -0.05) is 37.3 Å². The van der Waals surface area contributed by atoms with Crippen molar-refractivity contribution >= 4 is 11.6 Å². The standard InChI is InChI=1S/C29H38N4O2/c1-4-15-33(29(34)27-22-28(30-23(27)2)24-9-6-5-7-10-24)17-8-16-31-18-20-32(21-19-31)25-11-13-26(35-3)14-12-25/h5-7,9-14,22,30H,4,8,15-21H2,1-3H3. The smallest absolute Gasteiger partial charge is 0.255 e.